The molecule has 170 valence electrons. The number of amides is 2. The molecule has 2 saturated heterocycles. The average molecular weight is 451 g/mol. The minimum atomic E-state index is -0.259. The van der Waals surface area contributed by atoms with Crippen molar-refractivity contribution in [2.75, 3.05) is 19.7 Å². The molecule has 0 unspecified atom stereocenters. The van der Waals surface area contributed by atoms with E-state index in [0.717, 1.165) is 22.3 Å². The summed E-state index contributed by atoms with van der Waals surface area (Å²) >= 11 is 0. The molecule has 1 N–H and O–H groups in total. The largest absolute Gasteiger partial charge is 0.394 e. The van der Waals surface area contributed by atoms with Gasteiger partial charge < -0.3 is 14.9 Å². The second kappa shape index (κ2) is 9.54. The van der Waals surface area contributed by atoms with Gasteiger partial charge in [0.25, 0.3) is 0 Å². The minimum Gasteiger partial charge on any atom is -0.394 e. The number of rotatable bonds is 4. The SMILES string of the molecule is O=C(Cc1ccccc1)N1CC(=O)N2[C@H](CO)[C@@H](c3ccc(C#Cc4ccccc4)cc3)[C@@H]2C1. The Morgan fingerprint density at radius 1 is 0.882 bits per heavy atom. The number of nitrogens with zero attached hydrogens (tertiary/aromatic N) is 2. The van der Waals surface area contributed by atoms with Gasteiger partial charge in [0.1, 0.15) is 0 Å². The molecule has 0 aliphatic carbocycles. The van der Waals surface area contributed by atoms with Crippen LogP contribution in [0.25, 0.3) is 0 Å². The average Bonchev–Trinajstić information content (AvgIpc) is 2.86. The van der Waals surface area contributed by atoms with Gasteiger partial charge in [-0.25, -0.2) is 0 Å². The van der Waals surface area contributed by atoms with Gasteiger partial charge in [0.2, 0.25) is 11.8 Å². The lowest BCUT2D eigenvalue weighted by molar-refractivity contribution is -0.166. The van der Waals surface area contributed by atoms with Gasteiger partial charge >= 0.3 is 0 Å². The summed E-state index contributed by atoms with van der Waals surface area (Å²) in [5.74, 6) is 6.18. The van der Waals surface area contributed by atoms with Crippen molar-refractivity contribution in [3.8, 4) is 11.8 Å². The summed E-state index contributed by atoms with van der Waals surface area (Å²) in [6.45, 7) is 0.452. The lowest BCUT2D eigenvalue weighted by atomic mass is 9.73. The summed E-state index contributed by atoms with van der Waals surface area (Å²) in [6.07, 6.45) is 0.281. The molecule has 5 rings (SSSR count). The van der Waals surface area contributed by atoms with E-state index in [2.05, 4.69) is 11.8 Å². The standard InChI is InChI=1S/C29H26N2O3/c32-20-26-29(24-15-13-22(14-16-24)12-11-21-7-3-1-4-8-21)25-18-30(19-28(34)31(25)26)27(33)17-23-9-5-2-6-10-23/h1-10,13-16,25-26,29,32H,17-20H2/t25-,26+,29-/m0/s1. The third kappa shape index (κ3) is 4.33. The van der Waals surface area contributed by atoms with Crippen LogP contribution in [0.1, 0.15) is 28.2 Å². The first-order chi connectivity index (χ1) is 16.6. The molecule has 2 fully saturated rings. The summed E-state index contributed by atoms with van der Waals surface area (Å²) in [6, 6.07) is 27.0. The molecule has 0 saturated carbocycles. The zero-order chi connectivity index (χ0) is 23.5. The molecule has 3 atom stereocenters. The van der Waals surface area contributed by atoms with Crippen LogP contribution in [0, 0.1) is 11.8 Å². The highest BCUT2D eigenvalue weighted by Gasteiger charge is 2.54. The third-order valence-corrected chi connectivity index (χ3v) is 6.72. The quantitative estimate of drug-likeness (QED) is 0.622. The Morgan fingerprint density at radius 3 is 2.15 bits per heavy atom. The van der Waals surface area contributed by atoms with Crippen LogP contribution in [-0.2, 0) is 16.0 Å². The Labute approximate surface area is 199 Å². The highest BCUT2D eigenvalue weighted by atomic mass is 16.3. The molecule has 34 heavy (non-hydrogen) atoms. The number of piperazine rings is 1. The van der Waals surface area contributed by atoms with Crippen molar-refractivity contribution < 1.29 is 14.7 Å². The summed E-state index contributed by atoms with van der Waals surface area (Å²) in [5, 5.41) is 10.0. The Balaban J connectivity index is 1.31. The predicted molar refractivity (Wildman–Crippen MR) is 130 cm³/mol. The second-order valence-electron chi connectivity index (χ2n) is 8.82. The first-order valence-electron chi connectivity index (χ1n) is 11.5. The van der Waals surface area contributed by atoms with Gasteiger partial charge in [0.15, 0.2) is 0 Å². The molecule has 0 bridgehead atoms. The van der Waals surface area contributed by atoms with E-state index < -0.39 is 0 Å². The Bertz CT molecular complexity index is 1230. The van der Waals surface area contributed by atoms with Crippen molar-refractivity contribution in [1.82, 2.24) is 9.80 Å². The summed E-state index contributed by atoms with van der Waals surface area (Å²) < 4.78 is 0. The maximum atomic E-state index is 12.9. The van der Waals surface area contributed by atoms with Crippen molar-refractivity contribution in [3.63, 3.8) is 0 Å². The van der Waals surface area contributed by atoms with Gasteiger partial charge in [-0.05, 0) is 35.4 Å². The molecule has 5 nitrogen and oxygen atoms in total. The molecule has 0 radical (unpaired) electrons. The van der Waals surface area contributed by atoms with Crippen molar-refractivity contribution in [2.24, 2.45) is 0 Å². The van der Waals surface area contributed by atoms with Crippen LogP contribution in [0.3, 0.4) is 0 Å². The lowest BCUT2D eigenvalue weighted by Gasteiger charge is -2.58. The zero-order valence-electron chi connectivity index (χ0n) is 18.8. The van der Waals surface area contributed by atoms with Crippen LogP contribution in [0.4, 0.5) is 0 Å². The van der Waals surface area contributed by atoms with Crippen molar-refractivity contribution in [1.29, 1.82) is 0 Å². The van der Waals surface area contributed by atoms with Gasteiger partial charge in [0, 0.05) is 23.6 Å². The van der Waals surface area contributed by atoms with E-state index in [4.69, 9.17) is 0 Å². The van der Waals surface area contributed by atoms with Crippen LogP contribution in [0.2, 0.25) is 0 Å². The smallest absolute Gasteiger partial charge is 0.242 e. The van der Waals surface area contributed by atoms with E-state index in [-0.39, 0.29) is 49.4 Å². The molecular formula is C29H26N2O3. The van der Waals surface area contributed by atoms with E-state index >= 15 is 0 Å². The van der Waals surface area contributed by atoms with Crippen LogP contribution < -0.4 is 0 Å². The zero-order valence-corrected chi connectivity index (χ0v) is 18.8. The van der Waals surface area contributed by atoms with E-state index in [9.17, 15) is 14.7 Å². The number of aliphatic hydroxyl groups excluding tert-OH is 1. The fourth-order valence-electron chi connectivity index (χ4n) is 5.03. The van der Waals surface area contributed by atoms with Gasteiger partial charge in [-0.1, -0.05) is 72.5 Å². The second-order valence-corrected chi connectivity index (χ2v) is 8.82. The number of carbonyl (C=O) groups excluding carboxylic acids is 2. The molecule has 0 aromatic heterocycles. The van der Waals surface area contributed by atoms with E-state index in [0.29, 0.717) is 6.54 Å². The third-order valence-electron chi connectivity index (χ3n) is 6.72. The molecule has 2 aliphatic heterocycles. The molecule has 2 aliphatic rings. The number of carbonyl (C=O) groups is 2. The van der Waals surface area contributed by atoms with E-state index in [1.807, 2.05) is 84.9 Å². The number of benzene rings is 3. The van der Waals surface area contributed by atoms with Gasteiger partial charge in [-0.2, -0.15) is 0 Å². The molecule has 5 heteroatoms. The predicted octanol–water partition coefficient (Wildman–Crippen LogP) is 2.83. The minimum absolute atomic E-state index is 0.0163. The maximum Gasteiger partial charge on any atom is 0.242 e. The van der Waals surface area contributed by atoms with Crippen LogP contribution in [-0.4, -0.2) is 58.5 Å². The molecule has 3 aromatic carbocycles. The highest BCUT2D eigenvalue weighted by molar-refractivity contribution is 5.88. The molecule has 0 spiro atoms. The normalized spacial score (nSPS) is 21.2. The number of hydrogen-bond acceptors (Lipinski definition) is 3. The molecular weight excluding hydrogens is 424 g/mol. The number of aliphatic hydroxyl groups is 1. The fraction of sp³-hybridized carbons (Fsp3) is 0.241. The Hall–Kier alpha value is -3.88. The van der Waals surface area contributed by atoms with Crippen molar-refractivity contribution in [3.05, 3.63) is 107 Å². The summed E-state index contributed by atoms with van der Waals surface area (Å²) in [7, 11) is 0. The van der Waals surface area contributed by atoms with Crippen LogP contribution in [0.15, 0.2) is 84.9 Å². The molecule has 2 amide bonds. The maximum absolute atomic E-state index is 12.9. The first kappa shape index (κ1) is 21.9. The van der Waals surface area contributed by atoms with Gasteiger partial charge in [-0.3, -0.25) is 9.59 Å². The van der Waals surface area contributed by atoms with Crippen molar-refractivity contribution >= 4 is 11.8 Å². The van der Waals surface area contributed by atoms with Crippen LogP contribution in [0.5, 0.6) is 0 Å². The fourth-order valence-corrected chi connectivity index (χ4v) is 5.03. The lowest BCUT2D eigenvalue weighted by Crippen LogP contribution is -2.73. The number of hydrogen-bond donors (Lipinski definition) is 1. The number of fused-ring (bicyclic) bond motifs is 1. The molecule has 3 aromatic rings. The first-order valence-corrected chi connectivity index (χ1v) is 11.5. The van der Waals surface area contributed by atoms with Crippen LogP contribution >= 0.6 is 0 Å². The van der Waals surface area contributed by atoms with Crippen molar-refractivity contribution in [2.45, 2.75) is 24.4 Å². The summed E-state index contributed by atoms with van der Waals surface area (Å²) in [5.41, 5.74) is 3.86. The highest BCUT2D eigenvalue weighted by Crippen LogP contribution is 2.43. The molecule has 2 heterocycles. The Kier molecular flexibility index (Phi) is 6.16. The Morgan fingerprint density at radius 2 is 1.50 bits per heavy atom. The van der Waals surface area contributed by atoms with E-state index in [1.165, 1.54) is 0 Å². The van der Waals surface area contributed by atoms with Gasteiger partial charge in [0.05, 0.1) is 31.7 Å². The van der Waals surface area contributed by atoms with E-state index in [1.54, 1.807) is 9.80 Å². The topological polar surface area (TPSA) is 60.9 Å². The monoisotopic (exact) mass is 450 g/mol. The van der Waals surface area contributed by atoms with Gasteiger partial charge in [-0.15, -0.1) is 0 Å². The summed E-state index contributed by atoms with van der Waals surface area (Å²) in [4.78, 5) is 29.2.